The molecule has 0 atom stereocenters. The lowest BCUT2D eigenvalue weighted by molar-refractivity contribution is -0.128. The second-order valence-electron chi connectivity index (χ2n) is 8.98. The van der Waals surface area contributed by atoms with Crippen molar-refractivity contribution in [3.8, 4) is 0 Å². The number of nitrogens with zero attached hydrogens (tertiary/aromatic N) is 1. The van der Waals surface area contributed by atoms with Crippen LogP contribution in [0.3, 0.4) is 0 Å². The maximum absolute atomic E-state index is 13.1. The first-order valence-corrected chi connectivity index (χ1v) is 11.4. The number of alkyl halides is 3. The van der Waals surface area contributed by atoms with Crippen LogP contribution in [0.1, 0.15) is 89.5 Å². The van der Waals surface area contributed by atoms with E-state index in [1.165, 1.54) is 69.8 Å². The summed E-state index contributed by atoms with van der Waals surface area (Å²) in [6.07, 6.45) is 9.05. The molecule has 0 unspecified atom stereocenters. The monoisotopic (exact) mass is 395 g/mol. The van der Waals surface area contributed by atoms with Crippen LogP contribution in [-0.2, 0) is 0 Å². The predicted molar refractivity (Wildman–Crippen MR) is 111 cm³/mol. The molecule has 0 heterocycles. The van der Waals surface area contributed by atoms with Crippen LogP contribution in [0.2, 0.25) is 0 Å². The Labute approximate surface area is 168 Å². The number of anilines is 1. The van der Waals surface area contributed by atoms with Gasteiger partial charge in [-0.1, -0.05) is 44.7 Å². The zero-order valence-electron chi connectivity index (χ0n) is 17.5. The fourth-order valence-corrected chi connectivity index (χ4v) is 5.72. The van der Waals surface area contributed by atoms with Gasteiger partial charge in [-0.15, -0.1) is 0 Å². The molecular formula is C24H36F3N. The van der Waals surface area contributed by atoms with Crippen molar-refractivity contribution >= 4 is 5.69 Å². The zero-order chi connectivity index (χ0) is 20.1. The van der Waals surface area contributed by atoms with Crippen LogP contribution in [0.15, 0.2) is 24.3 Å². The number of halogens is 3. The normalized spacial score (nSPS) is 28.9. The molecule has 0 amide bonds. The van der Waals surface area contributed by atoms with Gasteiger partial charge in [0.2, 0.25) is 0 Å². The lowest BCUT2D eigenvalue weighted by Crippen LogP contribution is -2.37. The molecule has 0 saturated heterocycles. The minimum absolute atomic E-state index is 0.0611. The van der Waals surface area contributed by atoms with Crippen LogP contribution in [-0.4, -0.2) is 12.8 Å². The summed E-state index contributed by atoms with van der Waals surface area (Å²) >= 11 is 0. The molecule has 3 rings (SSSR count). The molecule has 0 bridgehead atoms. The van der Waals surface area contributed by atoms with E-state index >= 15 is 0 Å². The maximum atomic E-state index is 13.1. The van der Waals surface area contributed by atoms with Crippen molar-refractivity contribution in [1.82, 2.24) is 0 Å². The van der Waals surface area contributed by atoms with Crippen molar-refractivity contribution < 1.29 is 13.2 Å². The van der Waals surface area contributed by atoms with Gasteiger partial charge in [-0.25, -0.2) is 0 Å². The highest BCUT2D eigenvalue weighted by molar-refractivity contribution is 5.48. The Bertz CT molecular complexity index is 579. The largest absolute Gasteiger partial charge is 0.484 e. The highest BCUT2D eigenvalue weighted by Gasteiger charge is 2.36. The Kier molecular flexibility index (Phi) is 7.33. The molecule has 158 valence electrons. The van der Waals surface area contributed by atoms with Gasteiger partial charge in [0.1, 0.15) is 0 Å². The van der Waals surface area contributed by atoms with E-state index in [2.05, 4.69) is 6.92 Å². The highest BCUT2D eigenvalue weighted by atomic mass is 19.4. The molecule has 0 aliphatic heterocycles. The maximum Gasteiger partial charge on any atom is 0.484 e. The van der Waals surface area contributed by atoms with Gasteiger partial charge >= 0.3 is 6.30 Å². The van der Waals surface area contributed by atoms with Crippen molar-refractivity contribution in [1.29, 1.82) is 0 Å². The van der Waals surface area contributed by atoms with Gasteiger partial charge in [0.15, 0.2) is 0 Å². The number of benzene rings is 1. The van der Waals surface area contributed by atoms with Crippen molar-refractivity contribution in [2.45, 2.75) is 90.3 Å². The summed E-state index contributed by atoms with van der Waals surface area (Å²) in [5, 5.41) is 0. The van der Waals surface area contributed by atoms with Gasteiger partial charge in [-0.05, 0) is 86.8 Å². The first-order valence-electron chi connectivity index (χ1n) is 11.4. The lowest BCUT2D eigenvalue weighted by Gasteiger charge is -2.38. The van der Waals surface area contributed by atoms with Crippen LogP contribution in [0.5, 0.6) is 0 Å². The summed E-state index contributed by atoms with van der Waals surface area (Å²) in [7, 11) is 0. The molecule has 1 nitrogen and oxygen atoms in total. The molecule has 0 radical (unpaired) electrons. The SMILES string of the molecule is CCCC1CCC(C2CCC(c3ccc(N(CC)C(F)(F)F)cc3)CC2)CC1. The highest BCUT2D eigenvalue weighted by Crippen LogP contribution is 2.44. The third kappa shape index (κ3) is 5.24. The summed E-state index contributed by atoms with van der Waals surface area (Å²) in [5.41, 5.74) is 1.46. The second-order valence-corrected chi connectivity index (χ2v) is 8.98. The topological polar surface area (TPSA) is 3.24 Å². The lowest BCUT2D eigenvalue weighted by atomic mass is 9.68. The molecule has 1 aromatic rings. The van der Waals surface area contributed by atoms with Gasteiger partial charge in [0.25, 0.3) is 0 Å². The van der Waals surface area contributed by atoms with Crippen LogP contribution in [0.4, 0.5) is 18.9 Å². The van der Waals surface area contributed by atoms with E-state index in [1.54, 1.807) is 19.1 Å². The molecule has 2 fully saturated rings. The van der Waals surface area contributed by atoms with Gasteiger partial charge in [-0.2, -0.15) is 13.2 Å². The fourth-order valence-electron chi connectivity index (χ4n) is 5.72. The predicted octanol–water partition coefficient (Wildman–Crippen LogP) is 7.91. The second kappa shape index (κ2) is 9.54. The molecular weight excluding hydrogens is 359 g/mol. The Morgan fingerprint density at radius 3 is 1.82 bits per heavy atom. The van der Waals surface area contributed by atoms with Crippen LogP contribution < -0.4 is 4.90 Å². The van der Waals surface area contributed by atoms with Gasteiger partial charge in [0.05, 0.1) is 0 Å². The van der Waals surface area contributed by atoms with Crippen LogP contribution in [0.25, 0.3) is 0 Å². The van der Waals surface area contributed by atoms with E-state index < -0.39 is 6.30 Å². The minimum atomic E-state index is -4.32. The van der Waals surface area contributed by atoms with Crippen molar-refractivity contribution in [2.75, 3.05) is 11.4 Å². The summed E-state index contributed by atoms with van der Waals surface area (Å²) in [5.74, 6) is 3.28. The number of hydrogen-bond acceptors (Lipinski definition) is 1. The molecule has 0 spiro atoms. The minimum Gasteiger partial charge on any atom is -0.284 e. The summed E-state index contributed by atoms with van der Waals surface area (Å²) in [6, 6.07) is 7.14. The van der Waals surface area contributed by atoms with Crippen LogP contribution >= 0.6 is 0 Å². The summed E-state index contributed by atoms with van der Waals surface area (Å²) in [6.45, 7) is 3.77. The Balaban J connectivity index is 1.51. The third-order valence-corrected chi connectivity index (χ3v) is 7.33. The van der Waals surface area contributed by atoms with E-state index in [1.807, 2.05) is 12.1 Å². The van der Waals surface area contributed by atoms with Crippen molar-refractivity contribution in [2.24, 2.45) is 17.8 Å². The first kappa shape index (κ1) is 21.5. The van der Waals surface area contributed by atoms with E-state index in [-0.39, 0.29) is 12.2 Å². The molecule has 4 heteroatoms. The van der Waals surface area contributed by atoms with Gasteiger partial charge < -0.3 is 0 Å². The molecule has 0 N–H and O–H groups in total. The quantitative estimate of drug-likeness (QED) is 0.442. The zero-order valence-corrected chi connectivity index (χ0v) is 17.5. The Morgan fingerprint density at radius 1 is 0.821 bits per heavy atom. The number of rotatable bonds is 6. The third-order valence-electron chi connectivity index (χ3n) is 7.33. The smallest absolute Gasteiger partial charge is 0.284 e. The molecule has 1 aromatic carbocycles. The average molecular weight is 396 g/mol. The molecule has 2 saturated carbocycles. The Hall–Kier alpha value is -1.19. The molecule has 2 aliphatic rings. The fraction of sp³-hybridized carbons (Fsp3) is 0.750. The number of hydrogen-bond donors (Lipinski definition) is 0. The summed E-state index contributed by atoms with van der Waals surface area (Å²) < 4.78 is 39.2. The van der Waals surface area contributed by atoms with Crippen LogP contribution in [0, 0.1) is 17.8 Å². The molecule has 0 aromatic heterocycles. The van der Waals surface area contributed by atoms with Crippen molar-refractivity contribution in [3.05, 3.63) is 29.8 Å². The Morgan fingerprint density at radius 2 is 1.36 bits per heavy atom. The van der Waals surface area contributed by atoms with Crippen molar-refractivity contribution in [3.63, 3.8) is 0 Å². The van der Waals surface area contributed by atoms with E-state index in [4.69, 9.17) is 0 Å². The van der Waals surface area contributed by atoms with Gasteiger partial charge in [0, 0.05) is 12.2 Å². The van der Waals surface area contributed by atoms with E-state index in [9.17, 15) is 13.2 Å². The molecule has 2 aliphatic carbocycles. The molecule has 28 heavy (non-hydrogen) atoms. The van der Waals surface area contributed by atoms with E-state index in [0.29, 0.717) is 10.8 Å². The summed E-state index contributed by atoms with van der Waals surface area (Å²) in [4.78, 5) is 0.503. The standard InChI is InChI=1S/C24H36F3N/c1-3-5-18-6-8-19(9-7-18)20-10-12-21(13-11-20)22-14-16-23(17-15-22)28(4-2)24(25,26)27/h14-21H,3-13H2,1-2H3. The first-order chi connectivity index (χ1) is 13.4. The average Bonchev–Trinajstić information content (AvgIpc) is 2.69. The van der Waals surface area contributed by atoms with E-state index in [0.717, 1.165) is 17.8 Å². The van der Waals surface area contributed by atoms with Gasteiger partial charge in [-0.3, -0.25) is 4.90 Å².